The van der Waals surface area contributed by atoms with Crippen LogP contribution in [0.2, 0.25) is 0 Å². The molecule has 0 atom stereocenters. The predicted octanol–water partition coefficient (Wildman–Crippen LogP) is 4.39. The lowest BCUT2D eigenvalue weighted by Crippen LogP contribution is -2.16. The number of rotatable bonds is 6. The molecule has 0 saturated heterocycles. The van der Waals surface area contributed by atoms with Crippen LogP contribution in [0.5, 0.6) is 5.75 Å². The molecule has 0 radical (unpaired) electrons. The number of anilines is 1. The van der Waals surface area contributed by atoms with Crippen LogP contribution in [0.15, 0.2) is 64.8 Å². The van der Waals surface area contributed by atoms with Crippen LogP contribution in [0.25, 0.3) is 4.96 Å². The first-order valence-electron chi connectivity index (χ1n) is 8.76. The van der Waals surface area contributed by atoms with Crippen molar-refractivity contribution in [3.8, 4) is 5.75 Å². The van der Waals surface area contributed by atoms with E-state index in [0.717, 1.165) is 16.9 Å². The quantitative estimate of drug-likeness (QED) is 0.526. The Morgan fingerprint density at radius 2 is 2.00 bits per heavy atom. The zero-order valence-corrected chi connectivity index (χ0v) is 16.0. The van der Waals surface area contributed by atoms with E-state index in [2.05, 4.69) is 10.3 Å². The number of hydrogen-bond donors (Lipinski definition) is 1. The first-order valence-corrected chi connectivity index (χ1v) is 9.64. The first kappa shape index (κ1) is 18.2. The van der Waals surface area contributed by atoms with Crippen molar-refractivity contribution in [2.45, 2.75) is 20.1 Å². The van der Waals surface area contributed by atoms with E-state index in [1.165, 1.54) is 23.5 Å². The van der Waals surface area contributed by atoms with E-state index >= 15 is 0 Å². The van der Waals surface area contributed by atoms with Gasteiger partial charge < -0.3 is 10.1 Å². The molecule has 5 nitrogen and oxygen atoms in total. The summed E-state index contributed by atoms with van der Waals surface area (Å²) < 4.78 is 20.3. The number of hydrogen-bond acceptors (Lipinski definition) is 5. The third kappa shape index (κ3) is 4.04. The third-order valence-electron chi connectivity index (χ3n) is 4.26. The standard InChI is InChI=1S/C21H18FN3O2S/c1-14-13-28-21-24-18(10-20(26)25(14)21)11-23-17-3-2-4-19(9-17)27-12-15-5-7-16(22)8-6-15/h2-10,13,23H,11-12H2,1H3. The molecule has 0 spiro atoms. The summed E-state index contributed by atoms with van der Waals surface area (Å²) in [4.78, 5) is 17.5. The highest BCUT2D eigenvalue weighted by Crippen LogP contribution is 2.19. The van der Waals surface area contributed by atoms with Crippen molar-refractivity contribution in [3.05, 3.63) is 93.1 Å². The zero-order valence-electron chi connectivity index (χ0n) is 15.2. The van der Waals surface area contributed by atoms with E-state index in [1.807, 2.05) is 36.6 Å². The number of benzene rings is 2. The topological polar surface area (TPSA) is 55.6 Å². The van der Waals surface area contributed by atoms with Gasteiger partial charge in [0, 0.05) is 28.9 Å². The molecule has 2 heterocycles. The number of fused-ring (bicyclic) bond motifs is 1. The molecule has 28 heavy (non-hydrogen) atoms. The second-order valence-electron chi connectivity index (χ2n) is 6.38. The molecule has 0 saturated carbocycles. The number of aryl methyl sites for hydroxylation is 1. The smallest absolute Gasteiger partial charge is 0.259 e. The van der Waals surface area contributed by atoms with Crippen LogP contribution in [-0.2, 0) is 13.2 Å². The molecular weight excluding hydrogens is 377 g/mol. The molecule has 4 rings (SSSR count). The lowest BCUT2D eigenvalue weighted by molar-refractivity contribution is 0.306. The van der Waals surface area contributed by atoms with Gasteiger partial charge in [-0.1, -0.05) is 18.2 Å². The summed E-state index contributed by atoms with van der Waals surface area (Å²) in [6.45, 7) is 2.68. The molecule has 0 aliphatic carbocycles. The third-order valence-corrected chi connectivity index (χ3v) is 5.20. The van der Waals surface area contributed by atoms with E-state index in [0.29, 0.717) is 29.6 Å². The van der Waals surface area contributed by atoms with E-state index in [9.17, 15) is 9.18 Å². The van der Waals surface area contributed by atoms with Crippen LogP contribution in [0.3, 0.4) is 0 Å². The fraction of sp³-hybridized carbons (Fsp3) is 0.143. The van der Waals surface area contributed by atoms with Crippen molar-refractivity contribution in [1.82, 2.24) is 9.38 Å². The van der Waals surface area contributed by atoms with Gasteiger partial charge >= 0.3 is 0 Å². The molecule has 142 valence electrons. The summed E-state index contributed by atoms with van der Waals surface area (Å²) in [6.07, 6.45) is 0. The fourth-order valence-corrected chi connectivity index (χ4v) is 3.72. The highest BCUT2D eigenvalue weighted by atomic mass is 32.1. The summed E-state index contributed by atoms with van der Waals surface area (Å²) >= 11 is 1.45. The monoisotopic (exact) mass is 395 g/mol. The van der Waals surface area contributed by atoms with E-state index < -0.39 is 0 Å². The average Bonchev–Trinajstić information content (AvgIpc) is 3.08. The molecule has 0 bridgehead atoms. The SMILES string of the molecule is Cc1csc2nc(CNc3cccc(OCc4ccc(F)cc4)c3)cc(=O)n12. The maximum atomic E-state index is 13.0. The largest absolute Gasteiger partial charge is 0.489 e. The van der Waals surface area contributed by atoms with Crippen molar-refractivity contribution < 1.29 is 9.13 Å². The van der Waals surface area contributed by atoms with E-state index in [4.69, 9.17) is 4.74 Å². The Hall–Kier alpha value is -3.19. The number of aromatic nitrogens is 2. The van der Waals surface area contributed by atoms with Crippen molar-refractivity contribution in [1.29, 1.82) is 0 Å². The Morgan fingerprint density at radius 1 is 1.18 bits per heavy atom. The Labute approximate surface area is 165 Å². The van der Waals surface area contributed by atoms with Crippen molar-refractivity contribution in [2.24, 2.45) is 0 Å². The van der Waals surface area contributed by atoms with Crippen molar-refractivity contribution in [3.63, 3.8) is 0 Å². The van der Waals surface area contributed by atoms with Crippen molar-refractivity contribution >= 4 is 22.0 Å². The first-order chi connectivity index (χ1) is 13.6. The molecule has 0 fully saturated rings. The van der Waals surface area contributed by atoms with E-state index in [1.54, 1.807) is 22.6 Å². The van der Waals surface area contributed by atoms with Gasteiger partial charge in [0.25, 0.3) is 5.56 Å². The maximum absolute atomic E-state index is 13.0. The Kier molecular flexibility index (Phi) is 5.08. The molecule has 0 unspecified atom stereocenters. The number of thiazole rings is 1. The summed E-state index contributed by atoms with van der Waals surface area (Å²) in [5.74, 6) is 0.436. The van der Waals surface area contributed by atoms with Gasteiger partial charge in [-0.3, -0.25) is 9.20 Å². The van der Waals surface area contributed by atoms with Gasteiger partial charge in [-0.15, -0.1) is 11.3 Å². The van der Waals surface area contributed by atoms with Gasteiger partial charge in [0.1, 0.15) is 18.2 Å². The maximum Gasteiger partial charge on any atom is 0.259 e. The molecule has 0 aliphatic rings. The van der Waals surface area contributed by atoms with Gasteiger partial charge in [0.2, 0.25) is 0 Å². The number of nitrogens with one attached hydrogen (secondary N) is 1. The highest BCUT2D eigenvalue weighted by molar-refractivity contribution is 7.15. The molecule has 7 heteroatoms. The normalized spacial score (nSPS) is 10.9. The second kappa shape index (κ2) is 7.82. The second-order valence-corrected chi connectivity index (χ2v) is 7.21. The van der Waals surface area contributed by atoms with Crippen LogP contribution in [-0.4, -0.2) is 9.38 Å². The zero-order chi connectivity index (χ0) is 19.5. The van der Waals surface area contributed by atoms with Crippen LogP contribution in [0.4, 0.5) is 10.1 Å². The Balaban J connectivity index is 1.42. The molecule has 2 aromatic heterocycles. The van der Waals surface area contributed by atoms with Gasteiger partial charge in [0.05, 0.1) is 12.2 Å². The number of ether oxygens (including phenoxy) is 1. The molecule has 4 aromatic rings. The lowest BCUT2D eigenvalue weighted by Gasteiger charge is -2.10. The average molecular weight is 395 g/mol. The lowest BCUT2D eigenvalue weighted by atomic mass is 10.2. The summed E-state index contributed by atoms with van der Waals surface area (Å²) in [7, 11) is 0. The number of nitrogens with zero attached hydrogens (tertiary/aromatic N) is 2. The van der Waals surface area contributed by atoms with Crippen molar-refractivity contribution in [2.75, 3.05) is 5.32 Å². The summed E-state index contributed by atoms with van der Waals surface area (Å²) in [5, 5.41) is 5.19. The predicted molar refractivity (Wildman–Crippen MR) is 109 cm³/mol. The fourth-order valence-electron chi connectivity index (χ4n) is 2.83. The molecule has 0 amide bonds. The van der Waals surface area contributed by atoms with Crippen LogP contribution in [0.1, 0.15) is 17.0 Å². The Morgan fingerprint density at radius 3 is 2.82 bits per heavy atom. The van der Waals surface area contributed by atoms with Crippen LogP contribution < -0.4 is 15.6 Å². The summed E-state index contributed by atoms with van der Waals surface area (Å²) in [6, 6.07) is 15.3. The summed E-state index contributed by atoms with van der Waals surface area (Å²) in [5.41, 5.74) is 3.26. The molecular formula is C21H18FN3O2S. The van der Waals surface area contributed by atoms with Gasteiger partial charge in [-0.25, -0.2) is 9.37 Å². The van der Waals surface area contributed by atoms with Gasteiger partial charge in [-0.05, 0) is 36.8 Å². The number of halogens is 1. The van der Waals surface area contributed by atoms with Crippen LogP contribution in [0, 0.1) is 12.7 Å². The molecule has 2 aromatic carbocycles. The molecule has 0 aliphatic heterocycles. The van der Waals surface area contributed by atoms with Gasteiger partial charge in [0.15, 0.2) is 4.96 Å². The Bertz CT molecular complexity index is 1170. The minimum atomic E-state index is -0.265. The minimum Gasteiger partial charge on any atom is -0.489 e. The van der Waals surface area contributed by atoms with Gasteiger partial charge in [-0.2, -0.15) is 0 Å². The van der Waals surface area contributed by atoms with Crippen LogP contribution >= 0.6 is 11.3 Å². The van der Waals surface area contributed by atoms with E-state index in [-0.39, 0.29) is 11.4 Å². The molecule has 1 N–H and O–H groups in total. The minimum absolute atomic E-state index is 0.0723. The highest BCUT2D eigenvalue weighted by Gasteiger charge is 2.06.